The summed E-state index contributed by atoms with van der Waals surface area (Å²) in [6.45, 7) is 11.7. The Morgan fingerprint density at radius 1 is 1.03 bits per heavy atom. The van der Waals surface area contributed by atoms with Crippen molar-refractivity contribution in [1.82, 2.24) is 10.2 Å². The first-order chi connectivity index (χ1) is 15.2. The second kappa shape index (κ2) is 12.4. The summed E-state index contributed by atoms with van der Waals surface area (Å²) in [4.78, 5) is 9.64. The van der Waals surface area contributed by atoms with E-state index in [1.807, 2.05) is 0 Å². The lowest BCUT2D eigenvalue weighted by molar-refractivity contribution is -0.00834. The Bertz CT molecular complexity index is 869. The van der Waals surface area contributed by atoms with Gasteiger partial charge in [0.15, 0.2) is 5.96 Å². The monoisotopic (exact) mass is 550 g/mol. The highest BCUT2D eigenvalue weighted by Gasteiger charge is 2.25. The van der Waals surface area contributed by atoms with Gasteiger partial charge in [0.05, 0.1) is 32.9 Å². The first-order valence-electron chi connectivity index (χ1n) is 11.4. The molecule has 4 rings (SSSR count). The topological polar surface area (TPSA) is 49.3 Å². The fourth-order valence-electron chi connectivity index (χ4n) is 4.20. The first kappa shape index (κ1) is 24.8. The highest BCUT2D eigenvalue weighted by atomic mass is 127. The summed E-state index contributed by atoms with van der Waals surface area (Å²) in [5.74, 6) is 0.960. The molecule has 7 heteroatoms. The molecule has 1 atom stereocenters. The number of nitrogens with zero attached hydrogens (tertiary/aromatic N) is 3. The number of rotatable bonds is 5. The van der Waals surface area contributed by atoms with Crippen LogP contribution in [0.1, 0.15) is 29.7 Å². The molecule has 2 aromatic rings. The molecule has 0 aliphatic carbocycles. The van der Waals surface area contributed by atoms with Gasteiger partial charge in [0, 0.05) is 31.9 Å². The molecule has 174 valence electrons. The van der Waals surface area contributed by atoms with Crippen molar-refractivity contribution in [1.29, 1.82) is 0 Å². The van der Waals surface area contributed by atoms with Crippen molar-refractivity contribution in [2.45, 2.75) is 26.5 Å². The Morgan fingerprint density at radius 3 is 2.50 bits per heavy atom. The van der Waals surface area contributed by atoms with Gasteiger partial charge >= 0.3 is 0 Å². The third-order valence-electron chi connectivity index (χ3n) is 5.96. The molecule has 0 saturated carbocycles. The quantitative estimate of drug-likeness (QED) is 0.347. The maximum absolute atomic E-state index is 6.10. The van der Waals surface area contributed by atoms with Crippen LogP contribution in [-0.2, 0) is 16.0 Å². The molecule has 0 spiro atoms. The highest BCUT2D eigenvalue weighted by Crippen LogP contribution is 2.25. The summed E-state index contributed by atoms with van der Waals surface area (Å²) in [6.07, 6.45) is 0.0756. The molecular formula is C25H35IN4O2. The van der Waals surface area contributed by atoms with Crippen LogP contribution in [0.2, 0.25) is 0 Å². The number of aliphatic imine (C=N–C) groups is 1. The molecule has 2 aromatic carbocycles. The lowest BCUT2D eigenvalue weighted by Gasteiger charge is -2.35. The van der Waals surface area contributed by atoms with E-state index in [0.717, 1.165) is 51.9 Å². The molecule has 2 aliphatic heterocycles. The summed E-state index contributed by atoms with van der Waals surface area (Å²) in [7, 11) is 0. The van der Waals surface area contributed by atoms with Crippen molar-refractivity contribution >= 4 is 35.6 Å². The summed E-state index contributed by atoms with van der Waals surface area (Å²) >= 11 is 0. The zero-order chi connectivity index (χ0) is 21.5. The van der Waals surface area contributed by atoms with Gasteiger partial charge in [-0.25, -0.2) is 4.99 Å². The Hall–Kier alpha value is -1.84. The van der Waals surface area contributed by atoms with Crippen molar-refractivity contribution in [3.8, 4) is 0 Å². The van der Waals surface area contributed by atoms with Crippen molar-refractivity contribution in [3.63, 3.8) is 0 Å². The predicted octanol–water partition coefficient (Wildman–Crippen LogP) is 3.99. The molecule has 6 nitrogen and oxygen atoms in total. The van der Waals surface area contributed by atoms with Crippen molar-refractivity contribution in [3.05, 3.63) is 65.2 Å². The van der Waals surface area contributed by atoms with Crippen LogP contribution in [0.15, 0.2) is 53.5 Å². The number of halogens is 1. The second-order valence-corrected chi connectivity index (χ2v) is 8.10. The van der Waals surface area contributed by atoms with Gasteiger partial charge in [0.25, 0.3) is 0 Å². The molecule has 1 N–H and O–H groups in total. The van der Waals surface area contributed by atoms with Crippen LogP contribution in [-0.4, -0.2) is 63.4 Å². The van der Waals surface area contributed by atoms with Gasteiger partial charge in [-0.1, -0.05) is 36.4 Å². The molecule has 2 aliphatic rings. The van der Waals surface area contributed by atoms with E-state index < -0.39 is 0 Å². The molecular weight excluding hydrogens is 515 g/mol. The number of hydrogen-bond acceptors (Lipinski definition) is 4. The molecule has 0 bridgehead atoms. The number of ether oxygens (including phenoxy) is 2. The Morgan fingerprint density at radius 2 is 1.78 bits per heavy atom. The molecule has 0 radical (unpaired) electrons. The van der Waals surface area contributed by atoms with Gasteiger partial charge in [-0.3, -0.25) is 0 Å². The SMILES string of the molecule is CCNC(=NCc1ccc(N2CCOCC2)cc1)N1CCOC(c2ccccc2C)C1.I. The van der Waals surface area contributed by atoms with Crippen LogP contribution in [0.4, 0.5) is 5.69 Å². The molecule has 1 unspecified atom stereocenters. The van der Waals surface area contributed by atoms with Crippen LogP contribution in [0.5, 0.6) is 0 Å². The van der Waals surface area contributed by atoms with Gasteiger partial charge in [-0.05, 0) is 42.7 Å². The summed E-state index contributed by atoms with van der Waals surface area (Å²) in [5, 5.41) is 3.47. The fraction of sp³-hybridized carbons (Fsp3) is 0.480. The van der Waals surface area contributed by atoms with Gasteiger partial charge in [0.2, 0.25) is 0 Å². The summed E-state index contributed by atoms with van der Waals surface area (Å²) < 4.78 is 11.6. The van der Waals surface area contributed by atoms with Gasteiger partial charge < -0.3 is 24.6 Å². The predicted molar refractivity (Wildman–Crippen MR) is 141 cm³/mol. The summed E-state index contributed by atoms with van der Waals surface area (Å²) in [5.41, 5.74) is 5.02. The minimum absolute atomic E-state index is 0. The first-order valence-corrected chi connectivity index (χ1v) is 11.4. The molecule has 2 heterocycles. The van der Waals surface area contributed by atoms with E-state index in [-0.39, 0.29) is 30.1 Å². The number of aryl methyl sites for hydroxylation is 1. The Labute approximate surface area is 209 Å². The number of hydrogen-bond donors (Lipinski definition) is 1. The Balaban J connectivity index is 0.00000289. The van der Waals surface area contributed by atoms with Crippen LogP contribution in [0.3, 0.4) is 0 Å². The maximum atomic E-state index is 6.10. The van der Waals surface area contributed by atoms with E-state index in [9.17, 15) is 0 Å². The lowest BCUT2D eigenvalue weighted by atomic mass is 10.0. The number of morpholine rings is 2. The van der Waals surface area contributed by atoms with E-state index in [4.69, 9.17) is 14.5 Å². The standard InChI is InChI=1S/C25H34N4O2.HI/c1-3-26-25(29-14-17-31-24(19-29)23-7-5-4-6-20(23)2)27-18-21-8-10-22(11-9-21)28-12-15-30-16-13-28;/h4-11,24H,3,12-19H2,1-2H3,(H,26,27);1H. The van der Waals surface area contributed by atoms with E-state index >= 15 is 0 Å². The molecule has 0 aromatic heterocycles. The normalized spacial score (nSPS) is 19.4. The maximum Gasteiger partial charge on any atom is 0.194 e. The number of guanidine groups is 1. The van der Waals surface area contributed by atoms with E-state index in [1.165, 1.54) is 22.4 Å². The van der Waals surface area contributed by atoms with Crippen molar-refractivity contribution in [2.75, 3.05) is 57.4 Å². The Kier molecular flexibility index (Phi) is 9.62. The molecule has 2 fully saturated rings. The van der Waals surface area contributed by atoms with E-state index in [1.54, 1.807) is 0 Å². The third-order valence-corrected chi connectivity index (χ3v) is 5.96. The number of anilines is 1. The van der Waals surface area contributed by atoms with Crippen LogP contribution >= 0.6 is 24.0 Å². The van der Waals surface area contributed by atoms with Gasteiger partial charge in [-0.15, -0.1) is 24.0 Å². The fourth-order valence-corrected chi connectivity index (χ4v) is 4.20. The molecule has 0 amide bonds. The number of nitrogens with one attached hydrogen (secondary N) is 1. The molecule has 2 saturated heterocycles. The van der Waals surface area contributed by atoms with Crippen molar-refractivity contribution < 1.29 is 9.47 Å². The van der Waals surface area contributed by atoms with Crippen molar-refractivity contribution in [2.24, 2.45) is 4.99 Å². The average Bonchev–Trinajstić information content (AvgIpc) is 2.83. The van der Waals surface area contributed by atoms with Gasteiger partial charge in [0.1, 0.15) is 6.10 Å². The van der Waals surface area contributed by atoms with E-state index in [0.29, 0.717) is 13.2 Å². The minimum atomic E-state index is 0. The average molecular weight is 550 g/mol. The lowest BCUT2D eigenvalue weighted by Crippen LogP contribution is -2.48. The second-order valence-electron chi connectivity index (χ2n) is 8.10. The van der Waals surface area contributed by atoms with E-state index in [2.05, 4.69) is 77.5 Å². The smallest absolute Gasteiger partial charge is 0.194 e. The highest BCUT2D eigenvalue weighted by molar-refractivity contribution is 14.0. The number of benzene rings is 2. The minimum Gasteiger partial charge on any atom is -0.378 e. The third kappa shape index (κ3) is 6.36. The van der Waals surface area contributed by atoms with Crippen LogP contribution in [0.25, 0.3) is 0 Å². The molecule has 32 heavy (non-hydrogen) atoms. The van der Waals surface area contributed by atoms with Gasteiger partial charge in [-0.2, -0.15) is 0 Å². The zero-order valence-electron chi connectivity index (χ0n) is 19.1. The van der Waals surface area contributed by atoms with Crippen LogP contribution < -0.4 is 10.2 Å². The van der Waals surface area contributed by atoms with Crippen LogP contribution in [0, 0.1) is 6.92 Å². The largest absolute Gasteiger partial charge is 0.378 e. The zero-order valence-corrected chi connectivity index (χ0v) is 21.5. The summed E-state index contributed by atoms with van der Waals surface area (Å²) in [6, 6.07) is 17.3.